The van der Waals surface area contributed by atoms with Gasteiger partial charge in [0.15, 0.2) is 0 Å². The van der Waals surface area contributed by atoms with Crippen LogP contribution >= 0.6 is 0 Å². The topological polar surface area (TPSA) is 54.4 Å². The van der Waals surface area contributed by atoms with Gasteiger partial charge in [0, 0.05) is 6.42 Å². The summed E-state index contributed by atoms with van der Waals surface area (Å²) >= 11 is 0. The molecule has 1 N–H and O–H groups in total. The zero-order valence-corrected chi connectivity index (χ0v) is 6.91. The van der Waals surface area contributed by atoms with Crippen molar-refractivity contribution in [2.24, 2.45) is 11.8 Å². The van der Waals surface area contributed by atoms with E-state index in [9.17, 15) is 9.59 Å². The molecule has 0 aromatic rings. The molecule has 0 rings (SSSR count). The van der Waals surface area contributed by atoms with Gasteiger partial charge in [0.2, 0.25) is 0 Å². The number of carboxylic acid groups (broad SMARTS) is 1. The van der Waals surface area contributed by atoms with Crippen LogP contribution in [-0.4, -0.2) is 17.4 Å². The molecule has 0 saturated carbocycles. The molecule has 0 saturated heterocycles. The van der Waals surface area contributed by atoms with Crippen LogP contribution in [0.5, 0.6) is 0 Å². The molecule has 3 nitrogen and oxygen atoms in total. The first kappa shape index (κ1) is 10.1. The van der Waals surface area contributed by atoms with Gasteiger partial charge in [-0.2, -0.15) is 0 Å². The van der Waals surface area contributed by atoms with E-state index in [2.05, 4.69) is 0 Å². The lowest BCUT2D eigenvalue weighted by molar-refractivity contribution is -0.143. The lowest BCUT2D eigenvalue weighted by Gasteiger charge is -2.13. The summed E-state index contributed by atoms with van der Waals surface area (Å²) in [5.41, 5.74) is 0. The molecular weight excluding hydrogens is 144 g/mol. The van der Waals surface area contributed by atoms with Crippen molar-refractivity contribution in [2.75, 3.05) is 0 Å². The fraction of sp³-hybridized carbons (Fsp3) is 0.750. The van der Waals surface area contributed by atoms with Crippen molar-refractivity contribution in [1.29, 1.82) is 0 Å². The fourth-order valence-electron chi connectivity index (χ4n) is 0.990. The van der Waals surface area contributed by atoms with Gasteiger partial charge in [-0.05, 0) is 12.3 Å². The summed E-state index contributed by atoms with van der Waals surface area (Å²) in [6, 6.07) is 0. The first-order valence-corrected chi connectivity index (χ1v) is 3.76. The maximum Gasteiger partial charge on any atom is 0.306 e. The highest BCUT2D eigenvalue weighted by Gasteiger charge is 2.20. The van der Waals surface area contributed by atoms with Crippen LogP contribution in [0.15, 0.2) is 0 Å². The standard InChI is InChI=1S/C8H14O3/c1-6(2)7(8(10)11)4-3-5-9/h5-7H,3-4H2,1-2H3,(H,10,11)/t7-/m0/s1. The Bertz CT molecular complexity index is 140. The van der Waals surface area contributed by atoms with Gasteiger partial charge < -0.3 is 9.90 Å². The number of aldehydes is 1. The van der Waals surface area contributed by atoms with Gasteiger partial charge in [-0.1, -0.05) is 13.8 Å². The van der Waals surface area contributed by atoms with Crippen LogP contribution in [0.3, 0.4) is 0 Å². The van der Waals surface area contributed by atoms with Crippen LogP contribution in [0, 0.1) is 11.8 Å². The lowest BCUT2D eigenvalue weighted by atomic mass is 9.92. The molecule has 0 radical (unpaired) electrons. The summed E-state index contributed by atoms with van der Waals surface area (Å²) in [6.45, 7) is 3.70. The fourth-order valence-corrected chi connectivity index (χ4v) is 0.990. The van der Waals surface area contributed by atoms with E-state index in [1.165, 1.54) is 0 Å². The molecule has 0 bridgehead atoms. The van der Waals surface area contributed by atoms with Gasteiger partial charge in [0.25, 0.3) is 0 Å². The Morgan fingerprint density at radius 2 is 2.09 bits per heavy atom. The molecule has 0 unspecified atom stereocenters. The summed E-state index contributed by atoms with van der Waals surface area (Å²) < 4.78 is 0. The summed E-state index contributed by atoms with van der Waals surface area (Å²) in [4.78, 5) is 20.5. The Hall–Kier alpha value is -0.860. The van der Waals surface area contributed by atoms with Crippen molar-refractivity contribution in [3.8, 4) is 0 Å². The number of hydrogen-bond donors (Lipinski definition) is 1. The minimum atomic E-state index is -0.804. The van der Waals surface area contributed by atoms with E-state index in [1.54, 1.807) is 0 Å². The number of carbonyl (C=O) groups is 2. The van der Waals surface area contributed by atoms with E-state index >= 15 is 0 Å². The van der Waals surface area contributed by atoms with Crippen molar-refractivity contribution in [3.63, 3.8) is 0 Å². The molecule has 0 amide bonds. The van der Waals surface area contributed by atoms with Gasteiger partial charge in [-0.15, -0.1) is 0 Å². The van der Waals surface area contributed by atoms with Crippen LogP contribution in [0.1, 0.15) is 26.7 Å². The lowest BCUT2D eigenvalue weighted by Crippen LogP contribution is -2.19. The summed E-state index contributed by atoms with van der Waals surface area (Å²) in [5, 5.41) is 8.65. The maximum atomic E-state index is 10.5. The first-order chi connectivity index (χ1) is 5.09. The van der Waals surface area contributed by atoms with Gasteiger partial charge in [0.05, 0.1) is 5.92 Å². The third-order valence-corrected chi connectivity index (χ3v) is 1.72. The first-order valence-electron chi connectivity index (χ1n) is 3.76. The minimum absolute atomic E-state index is 0.104. The van der Waals surface area contributed by atoms with Crippen molar-refractivity contribution >= 4 is 12.3 Å². The van der Waals surface area contributed by atoms with Crippen molar-refractivity contribution in [3.05, 3.63) is 0 Å². The predicted octanol–water partition coefficient (Wildman–Crippen LogP) is 1.32. The summed E-state index contributed by atoms with van der Waals surface area (Å²) in [7, 11) is 0. The monoisotopic (exact) mass is 158 g/mol. The molecule has 0 fully saturated rings. The molecule has 0 aliphatic rings. The van der Waals surface area contributed by atoms with Gasteiger partial charge in [-0.3, -0.25) is 4.79 Å². The highest BCUT2D eigenvalue weighted by Crippen LogP contribution is 2.16. The minimum Gasteiger partial charge on any atom is -0.481 e. The normalized spacial score (nSPS) is 13.0. The molecule has 0 heterocycles. The number of aliphatic carboxylic acids is 1. The predicted molar refractivity (Wildman–Crippen MR) is 41.3 cm³/mol. The van der Waals surface area contributed by atoms with Crippen LogP contribution in [0.2, 0.25) is 0 Å². The zero-order chi connectivity index (χ0) is 8.85. The third kappa shape index (κ3) is 3.75. The van der Waals surface area contributed by atoms with E-state index in [1.807, 2.05) is 13.8 Å². The molecule has 0 spiro atoms. The SMILES string of the molecule is CC(C)[C@H](CCC=O)C(=O)O. The van der Waals surface area contributed by atoms with Crippen LogP contribution < -0.4 is 0 Å². The average molecular weight is 158 g/mol. The molecule has 64 valence electrons. The largest absolute Gasteiger partial charge is 0.481 e. The molecule has 1 atom stereocenters. The van der Waals surface area contributed by atoms with Crippen LogP contribution in [0.25, 0.3) is 0 Å². The molecule has 0 aliphatic heterocycles. The number of carboxylic acids is 1. The van der Waals surface area contributed by atoms with Crippen molar-refractivity contribution < 1.29 is 14.7 Å². The van der Waals surface area contributed by atoms with E-state index in [4.69, 9.17) is 5.11 Å². The zero-order valence-electron chi connectivity index (χ0n) is 6.91. The van der Waals surface area contributed by atoms with E-state index in [0.29, 0.717) is 12.8 Å². The van der Waals surface area contributed by atoms with Crippen LogP contribution in [-0.2, 0) is 9.59 Å². The highest BCUT2D eigenvalue weighted by molar-refractivity contribution is 5.70. The molecule has 0 aromatic carbocycles. The van der Waals surface area contributed by atoms with Gasteiger partial charge >= 0.3 is 5.97 Å². The second kappa shape index (κ2) is 4.88. The molecular formula is C8H14O3. The maximum absolute atomic E-state index is 10.5. The van der Waals surface area contributed by atoms with Gasteiger partial charge in [-0.25, -0.2) is 0 Å². The smallest absolute Gasteiger partial charge is 0.306 e. The van der Waals surface area contributed by atoms with Crippen molar-refractivity contribution in [2.45, 2.75) is 26.7 Å². The van der Waals surface area contributed by atoms with E-state index < -0.39 is 5.97 Å². The Labute approximate surface area is 66.4 Å². The third-order valence-electron chi connectivity index (χ3n) is 1.72. The van der Waals surface area contributed by atoms with E-state index in [-0.39, 0.29) is 11.8 Å². The summed E-state index contributed by atoms with van der Waals surface area (Å²) in [6.07, 6.45) is 1.56. The second-order valence-electron chi connectivity index (χ2n) is 2.93. The van der Waals surface area contributed by atoms with E-state index in [0.717, 1.165) is 6.29 Å². The quantitative estimate of drug-likeness (QED) is 0.614. The van der Waals surface area contributed by atoms with Crippen molar-refractivity contribution in [1.82, 2.24) is 0 Å². The number of hydrogen-bond acceptors (Lipinski definition) is 2. The molecule has 0 aliphatic carbocycles. The molecule has 11 heavy (non-hydrogen) atoms. The number of carbonyl (C=O) groups excluding carboxylic acids is 1. The molecule has 0 aromatic heterocycles. The Kier molecular flexibility index (Phi) is 4.50. The Balaban J connectivity index is 3.89. The van der Waals surface area contributed by atoms with Gasteiger partial charge in [0.1, 0.15) is 6.29 Å². The van der Waals surface area contributed by atoms with Crippen LogP contribution in [0.4, 0.5) is 0 Å². The Morgan fingerprint density at radius 1 is 1.55 bits per heavy atom. The number of rotatable bonds is 5. The summed E-state index contributed by atoms with van der Waals surface area (Å²) in [5.74, 6) is -1.07. The highest BCUT2D eigenvalue weighted by atomic mass is 16.4. The second-order valence-corrected chi connectivity index (χ2v) is 2.93. The Morgan fingerprint density at radius 3 is 2.36 bits per heavy atom. The average Bonchev–Trinajstić information content (AvgIpc) is 1.87. The molecule has 3 heteroatoms.